The van der Waals surface area contributed by atoms with Gasteiger partial charge in [-0.05, 0) is 23.6 Å². The van der Waals surface area contributed by atoms with E-state index < -0.39 is 10.8 Å². The number of thiophene rings is 1. The SMILES string of the molecule is CC(C)c1ccccc1OCC(=O)NN=Cc1ccc([N+](=O)[O-])s1. The number of carbonyl (C=O) groups is 1. The van der Waals surface area contributed by atoms with Crippen LogP contribution in [-0.2, 0) is 4.79 Å². The van der Waals surface area contributed by atoms with Crippen molar-refractivity contribution >= 4 is 28.5 Å². The molecule has 0 spiro atoms. The molecular formula is C16H17N3O4S. The summed E-state index contributed by atoms with van der Waals surface area (Å²) in [5, 5.41) is 14.4. The van der Waals surface area contributed by atoms with Crippen LogP contribution < -0.4 is 10.2 Å². The van der Waals surface area contributed by atoms with Crippen LogP contribution in [0.15, 0.2) is 41.5 Å². The predicted octanol–water partition coefficient (Wildman–Crippen LogP) is 3.31. The van der Waals surface area contributed by atoms with E-state index in [4.69, 9.17) is 4.74 Å². The molecule has 1 aromatic carbocycles. The Kier molecular flexibility index (Phi) is 6.02. The van der Waals surface area contributed by atoms with Gasteiger partial charge in [-0.15, -0.1) is 0 Å². The number of benzene rings is 1. The van der Waals surface area contributed by atoms with Gasteiger partial charge >= 0.3 is 5.00 Å². The van der Waals surface area contributed by atoms with Crippen molar-refractivity contribution in [2.45, 2.75) is 19.8 Å². The number of rotatable bonds is 7. The van der Waals surface area contributed by atoms with Crippen LogP contribution in [0, 0.1) is 10.1 Å². The molecule has 0 atom stereocenters. The second-order valence-corrected chi connectivity index (χ2v) is 6.30. The third-order valence-electron chi connectivity index (χ3n) is 3.07. The zero-order valence-electron chi connectivity index (χ0n) is 13.3. The Morgan fingerprint density at radius 1 is 1.38 bits per heavy atom. The molecule has 0 radical (unpaired) electrons. The van der Waals surface area contributed by atoms with Crippen LogP contribution in [-0.4, -0.2) is 23.7 Å². The molecule has 0 unspecified atom stereocenters. The first-order valence-corrected chi connectivity index (χ1v) is 8.07. The molecule has 0 saturated carbocycles. The summed E-state index contributed by atoms with van der Waals surface area (Å²) in [6.07, 6.45) is 1.36. The van der Waals surface area contributed by atoms with Crippen molar-refractivity contribution in [1.29, 1.82) is 0 Å². The molecule has 1 aromatic heterocycles. The Bertz CT molecular complexity index is 755. The monoisotopic (exact) mass is 347 g/mol. The number of amides is 1. The molecule has 2 rings (SSSR count). The number of hydrazone groups is 1. The van der Waals surface area contributed by atoms with Gasteiger partial charge in [0.15, 0.2) is 6.61 Å². The van der Waals surface area contributed by atoms with Gasteiger partial charge in [0.2, 0.25) is 0 Å². The zero-order valence-corrected chi connectivity index (χ0v) is 14.1. The Morgan fingerprint density at radius 2 is 2.12 bits per heavy atom. The van der Waals surface area contributed by atoms with Crippen LogP contribution in [0.3, 0.4) is 0 Å². The summed E-state index contributed by atoms with van der Waals surface area (Å²) in [7, 11) is 0. The zero-order chi connectivity index (χ0) is 17.5. The van der Waals surface area contributed by atoms with Crippen LogP contribution in [0.5, 0.6) is 5.75 Å². The molecule has 0 saturated heterocycles. The maximum Gasteiger partial charge on any atom is 0.324 e. The molecule has 7 nitrogen and oxygen atoms in total. The van der Waals surface area contributed by atoms with Gasteiger partial charge in [-0.1, -0.05) is 43.4 Å². The van der Waals surface area contributed by atoms with Gasteiger partial charge in [0, 0.05) is 6.07 Å². The lowest BCUT2D eigenvalue weighted by Crippen LogP contribution is -2.24. The fraction of sp³-hybridized carbons (Fsp3) is 0.250. The maximum absolute atomic E-state index is 11.7. The first-order chi connectivity index (χ1) is 11.5. The van der Waals surface area contributed by atoms with Gasteiger partial charge in [-0.3, -0.25) is 14.9 Å². The van der Waals surface area contributed by atoms with E-state index in [0.717, 1.165) is 16.9 Å². The summed E-state index contributed by atoms with van der Waals surface area (Å²) >= 11 is 0.977. The van der Waals surface area contributed by atoms with Gasteiger partial charge in [-0.25, -0.2) is 5.43 Å². The van der Waals surface area contributed by atoms with Crippen LogP contribution in [0.4, 0.5) is 5.00 Å². The minimum absolute atomic E-state index is 0.0244. The molecule has 24 heavy (non-hydrogen) atoms. The van der Waals surface area contributed by atoms with E-state index in [1.165, 1.54) is 12.3 Å². The van der Waals surface area contributed by atoms with E-state index in [1.807, 2.05) is 38.1 Å². The Balaban J connectivity index is 1.85. The van der Waals surface area contributed by atoms with E-state index in [2.05, 4.69) is 10.5 Å². The summed E-state index contributed by atoms with van der Waals surface area (Å²) < 4.78 is 5.53. The number of nitro groups is 1. The van der Waals surface area contributed by atoms with Crippen molar-refractivity contribution in [1.82, 2.24) is 5.43 Å². The topological polar surface area (TPSA) is 93.8 Å². The van der Waals surface area contributed by atoms with E-state index >= 15 is 0 Å². The minimum atomic E-state index is -0.472. The van der Waals surface area contributed by atoms with Gasteiger partial charge in [0.05, 0.1) is 16.0 Å². The number of hydrogen-bond donors (Lipinski definition) is 1. The molecule has 0 aliphatic heterocycles. The van der Waals surface area contributed by atoms with Gasteiger partial charge in [0.25, 0.3) is 5.91 Å². The van der Waals surface area contributed by atoms with E-state index in [-0.39, 0.29) is 17.5 Å². The summed E-state index contributed by atoms with van der Waals surface area (Å²) in [5.41, 5.74) is 3.36. The third-order valence-corrected chi connectivity index (χ3v) is 4.04. The molecule has 0 aliphatic rings. The average Bonchev–Trinajstić information content (AvgIpc) is 3.02. The normalized spacial score (nSPS) is 11.0. The average molecular weight is 347 g/mol. The van der Waals surface area contributed by atoms with E-state index in [9.17, 15) is 14.9 Å². The fourth-order valence-corrected chi connectivity index (χ4v) is 2.64. The summed E-state index contributed by atoms with van der Waals surface area (Å²) in [6.45, 7) is 3.94. The number of carbonyl (C=O) groups excluding carboxylic acids is 1. The van der Waals surface area contributed by atoms with Crippen molar-refractivity contribution in [3.63, 3.8) is 0 Å². The Labute approximate surface area is 143 Å². The van der Waals surface area contributed by atoms with Crippen molar-refractivity contribution in [3.05, 3.63) is 57.0 Å². The lowest BCUT2D eigenvalue weighted by atomic mass is 10.0. The Hall–Kier alpha value is -2.74. The molecule has 0 fully saturated rings. The summed E-state index contributed by atoms with van der Waals surface area (Å²) in [4.78, 5) is 22.4. The number of ether oxygens (including phenoxy) is 1. The molecule has 1 N–H and O–H groups in total. The summed E-state index contributed by atoms with van der Waals surface area (Å²) in [5.74, 6) is 0.549. The molecular weight excluding hydrogens is 330 g/mol. The van der Waals surface area contributed by atoms with Crippen LogP contribution in [0.25, 0.3) is 0 Å². The molecule has 0 aliphatic carbocycles. The third kappa shape index (κ3) is 4.88. The largest absolute Gasteiger partial charge is 0.483 e. The number of nitrogens with one attached hydrogen (secondary N) is 1. The predicted molar refractivity (Wildman–Crippen MR) is 92.7 cm³/mol. The number of nitrogens with zero attached hydrogens (tertiary/aromatic N) is 2. The van der Waals surface area contributed by atoms with Crippen molar-refractivity contribution in [2.24, 2.45) is 5.10 Å². The smallest absolute Gasteiger partial charge is 0.324 e. The highest BCUT2D eigenvalue weighted by Crippen LogP contribution is 2.25. The van der Waals surface area contributed by atoms with E-state index in [0.29, 0.717) is 10.6 Å². The van der Waals surface area contributed by atoms with Crippen molar-refractivity contribution in [3.8, 4) is 5.75 Å². The minimum Gasteiger partial charge on any atom is -0.483 e. The highest BCUT2D eigenvalue weighted by molar-refractivity contribution is 7.16. The Morgan fingerprint density at radius 3 is 2.79 bits per heavy atom. The van der Waals surface area contributed by atoms with Gasteiger partial charge in [0.1, 0.15) is 5.75 Å². The summed E-state index contributed by atoms with van der Waals surface area (Å²) in [6, 6.07) is 10.5. The molecule has 0 bridgehead atoms. The molecule has 8 heteroatoms. The molecule has 1 amide bonds. The van der Waals surface area contributed by atoms with Crippen LogP contribution in [0.1, 0.15) is 30.2 Å². The van der Waals surface area contributed by atoms with E-state index in [1.54, 1.807) is 6.07 Å². The lowest BCUT2D eigenvalue weighted by Gasteiger charge is -2.12. The van der Waals surface area contributed by atoms with Crippen molar-refractivity contribution in [2.75, 3.05) is 6.61 Å². The van der Waals surface area contributed by atoms with Gasteiger partial charge < -0.3 is 4.74 Å². The second-order valence-electron chi connectivity index (χ2n) is 5.21. The van der Waals surface area contributed by atoms with Crippen molar-refractivity contribution < 1.29 is 14.5 Å². The first kappa shape index (κ1) is 17.6. The van der Waals surface area contributed by atoms with Crippen LogP contribution >= 0.6 is 11.3 Å². The maximum atomic E-state index is 11.7. The number of para-hydroxylation sites is 1. The first-order valence-electron chi connectivity index (χ1n) is 7.25. The second kappa shape index (κ2) is 8.21. The van der Waals surface area contributed by atoms with Crippen LogP contribution in [0.2, 0.25) is 0 Å². The molecule has 2 aromatic rings. The molecule has 126 valence electrons. The molecule has 1 heterocycles. The number of hydrogen-bond acceptors (Lipinski definition) is 6. The lowest BCUT2D eigenvalue weighted by molar-refractivity contribution is -0.380. The van der Waals surface area contributed by atoms with Gasteiger partial charge in [-0.2, -0.15) is 5.10 Å². The highest BCUT2D eigenvalue weighted by atomic mass is 32.1. The quantitative estimate of drug-likeness (QED) is 0.472. The fourth-order valence-electron chi connectivity index (χ4n) is 1.94. The highest BCUT2D eigenvalue weighted by Gasteiger charge is 2.10. The standard InChI is InChI=1S/C16H17N3O4S/c1-11(2)13-5-3-4-6-14(13)23-10-15(20)18-17-9-12-7-8-16(24-12)19(21)22/h3-9,11H,10H2,1-2H3,(H,18,20).